The van der Waals surface area contributed by atoms with Crippen LogP contribution in [0.3, 0.4) is 0 Å². The zero-order valence-electron chi connectivity index (χ0n) is 39.5. The van der Waals surface area contributed by atoms with Crippen LogP contribution in [0.2, 0.25) is 0 Å². The van der Waals surface area contributed by atoms with Crippen molar-refractivity contribution in [1.29, 1.82) is 5.26 Å². The number of nitrogens with zero attached hydrogens (tertiary/aromatic N) is 7. The molecule has 4 aromatic heterocycles. The van der Waals surface area contributed by atoms with Gasteiger partial charge in [0.15, 0.2) is 17.5 Å². The summed E-state index contributed by atoms with van der Waals surface area (Å²) >= 11 is 0. The maximum absolute atomic E-state index is 11.2. The first kappa shape index (κ1) is 41.4. The van der Waals surface area contributed by atoms with Gasteiger partial charge in [-0.05, 0) is 72.8 Å². The van der Waals surface area contributed by atoms with Gasteiger partial charge in [-0.2, -0.15) is 5.26 Å². The van der Waals surface area contributed by atoms with Gasteiger partial charge in [-0.15, -0.1) is 5.46 Å². The predicted molar refractivity (Wildman–Crippen MR) is 305 cm³/mol. The second-order valence-corrected chi connectivity index (χ2v) is 18.5. The van der Waals surface area contributed by atoms with Crippen LogP contribution in [0.5, 0.6) is 0 Å². The summed E-state index contributed by atoms with van der Waals surface area (Å²) in [4.78, 5) is 15.4. The predicted octanol–water partition coefficient (Wildman–Crippen LogP) is 5.33. The molecule has 0 amide bonds. The molecular weight excluding hydrogens is 849 g/mol. The SMILES string of the molecule is Bc1c(B)c(B)c(-n2c3ccccc3c3c2ccc2c4ccccc4n(-c4ccc(-c5nc(-c6ccccc6)nc(-c6ccc7c(c6)c6ccccc6n7-c6ccccc6)n5)cc4C#N)c23)c(B)c1B. The van der Waals surface area contributed by atoms with E-state index in [1.807, 2.05) is 42.5 Å². The summed E-state index contributed by atoms with van der Waals surface area (Å²) in [5, 5.41) is 18.0. The molecule has 7 nitrogen and oxygen atoms in total. The Hall–Kier alpha value is -8.80. The molecule has 0 aliphatic carbocycles. The van der Waals surface area contributed by atoms with Gasteiger partial charge in [0.2, 0.25) is 0 Å². The van der Waals surface area contributed by atoms with Gasteiger partial charge in [-0.3, -0.25) is 0 Å². The van der Waals surface area contributed by atoms with Crippen molar-refractivity contribution in [3.63, 3.8) is 0 Å². The van der Waals surface area contributed by atoms with Gasteiger partial charge in [0.05, 0.1) is 44.4 Å². The molecule has 322 valence electrons. The number of fused-ring (bicyclic) bond motifs is 10. The third kappa shape index (κ3) is 6.11. The first-order valence-electron chi connectivity index (χ1n) is 23.8. The first-order chi connectivity index (χ1) is 34.3. The molecule has 0 saturated carbocycles. The third-order valence-electron chi connectivity index (χ3n) is 14.9. The van der Waals surface area contributed by atoms with Crippen LogP contribution < -0.4 is 27.3 Å². The number of hydrogen-bond donors (Lipinski definition) is 0. The third-order valence-corrected chi connectivity index (χ3v) is 14.9. The van der Waals surface area contributed by atoms with Crippen LogP contribution in [-0.4, -0.2) is 67.9 Å². The zero-order chi connectivity index (χ0) is 47.4. The van der Waals surface area contributed by atoms with Gasteiger partial charge < -0.3 is 13.7 Å². The summed E-state index contributed by atoms with van der Waals surface area (Å²) in [7, 11) is 11.2. The molecule has 0 N–H and O–H groups in total. The summed E-state index contributed by atoms with van der Waals surface area (Å²) < 4.78 is 7.07. The lowest BCUT2D eigenvalue weighted by molar-refractivity contribution is 1.07. The normalized spacial score (nSPS) is 11.7. The lowest BCUT2D eigenvalue weighted by Gasteiger charge is -2.22. The number of nitriles is 1. The van der Waals surface area contributed by atoms with Gasteiger partial charge in [-0.25, -0.2) is 15.0 Å². The van der Waals surface area contributed by atoms with Crippen molar-refractivity contribution in [1.82, 2.24) is 28.7 Å². The Morgan fingerprint density at radius 2 is 0.857 bits per heavy atom. The van der Waals surface area contributed by atoms with Crippen molar-refractivity contribution < 1.29 is 0 Å². The molecule has 0 unspecified atom stereocenters. The quantitative estimate of drug-likeness (QED) is 0.212. The molecule has 70 heavy (non-hydrogen) atoms. The summed E-state index contributed by atoms with van der Waals surface area (Å²) in [5.41, 5.74) is 19.2. The summed E-state index contributed by atoms with van der Waals surface area (Å²) in [5.74, 6) is 1.59. The minimum atomic E-state index is 0.487. The van der Waals surface area contributed by atoms with Crippen molar-refractivity contribution in [2.45, 2.75) is 0 Å². The van der Waals surface area contributed by atoms with Gasteiger partial charge in [0.25, 0.3) is 0 Å². The Morgan fingerprint density at radius 3 is 1.51 bits per heavy atom. The maximum Gasteiger partial charge on any atom is 0.164 e. The van der Waals surface area contributed by atoms with Gasteiger partial charge in [-0.1, -0.05) is 131 Å². The Balaban J connectivity index is 1.02. The van der Waals surface area contributed by atoms with Gasteiger partial charge in [0, 0.05) is 60.4 Å². The molecule has 0 atom stereocenters. The van der Waals surface area contributed by atoms with E-state index in [-0.39, 0.29) is 0 Å². The fourth-order valence-corrected chi connectivity index (χ4v) is 11.1. The van der Waals surface area contributed by atoms with Crippen LogP contribution in [0.4, 0.5) is 0 Å². The summed E-state index contributed by atoms with van der Waals surface area (Å²) in [6, 6.07) is 66.0. The van der Waals surface area contributed by atoms with Crippen LogP contribution in [0.15, 0.2) is 182 Å². The number of para-hydroxylation sites is 4. The fraction of sp³-hybridized carbons (Fsp3) is 0. The van der Waals surface area contributed by atoms with Crippen molar-refractivity contribution in [3.8, 4) is 57.3 Å². The average Bonchev–Trinajstić information content (AvgIpc) is 4.05. The zero-order valence-corrected chi connectivity index (χ0v) is 39.5. The van der Waals surface area contributed by atoms with Crippen molar-refractivity contribution in [2.75, 3.05) is 0 Å². The molecule has 13 aromatic rings. The Kier molecular flexibility index (Phi) is 9.40. The molecular formula is C58H40B5N7. The Morgan fingerprint density at radius 1 is 0.371 bits per heavy atom. The molecule has 0 bridgehead atoms. The van der Waals surface area contributed by atoms with E-state index in [0.29, 0.717) is 23.0 Å². The molecule has 0 radical (unpaired) electrons. The van der Waals surface area contributed by atoms with Gasteiger partial charge >= 0.3 is 0 Å². The van der Waals surface area contributed by atoms with Crippen LogP contribution >= 0.6 is 0 Å². The minimum absolute atomic E-state index is 0.487. The molecule has 0 spiro atoms. The minimum Gasteiger partial charge on any atom is -0.310 e. The molecule has 4 heterocycles. The smallest absolute Gasteiger partial charge is 0.164 e. The highest BCUT2D eigenvalue weighted by molar-refractivity contribution is 6.68. The monoisotopic (exact) mass is 889 g/mol. The molecule has 0 fully saturated rings. The van der Waals surface area contributed by atoms with E-state index in [9.17, 15) is 5.26 Å². The summed E-state index contributed by atoms with van der Waals surface area (Å²) in [6.45, 7) is 0. The van der Waals surface area contributed by atoms with Crippen molar-refractivity contribution >= 4 is 132 Å². The van der Waals surface area contributed by atoms with E-state index in [0.717, 1.165) is 93.5 Å². The van der Waals surface area contributed by atoms with Crippen LogP contribution in [0.1, 0.15) is 5.56 Å². The highest BCUT2D eigenvalue weighted by Gasteiger charge is 2.25. The van der Waals surface area contributed by atoms with E-state index in [2.05, 4.69) is 199 Å². The van der Waals surface area contributed by atoms with E-state index in [1.165, 1.54) is 33.0 Å². The average molecular weight is 889 g/mol. The molecule has 0 aliphatic rings. The van der Waals surface area contributed by atoms with E-state index in [1.54, 1.807) is 0 Å². The number of aromatic nitrogens is 6. The topological polar surface area (TPSA) is 77.2 Å². The second kappa shape index (κ2) is 15.9. The molecule has 0 saturated heterocycles. The lowest BCUT2D eigenvalue weighted by Crippen LogP contribution is -2.56. The maximum atomic E-state index is 11.2. The van der Waals surface area contributed by atoms with Crippen LogP contribution in [-0.2, 0) is 0 Å². The van der Waals surface area contributed by atoms with E-state index < -0.39 is 0 Å². The van der Waals surface area contributed by atoms with Crippen LogP contribution in [0, 0.1) is 11.3 Å². The standard InChI is InChI=1S/C58H40B5N7/c59-49-50(60)52(62)55(53(63)51(49)61)70-45-22-12-9-19-40(45)48-47(70)28-25-39-37-17-7-11-21-44(37)69(54(39)48)42-26-23-33(29-35(42)31-64)57-65-56(32-13-3-1-4-14-32)66-58(67-57)34-24-27-46-41(30-34)38-18-8-10-20-43(38)68(46)36-15-5-2-6-16-36/h1-30H,59-63H2. The van der Waals surface area contributed by atoms with E-state index >= 15 is 0 Å². The second-order valence-electron chi connectivity index (χ2n) is 18.5. The number of hydrogen-bond acceptors (Lipinski definition) is 4. The van der Waals surface area contributed by atoms with Crippen molar-refractivity contribution in [3.05, 3.63) is 188 Å². The largest absolute Gasteiger partial charge is 0.310 e. The number of benzene rings is 9. The molecule has 9 aromatic carbocycles. The van der Waals surface area contributed by atoms with E-state index in [4.69, 9.17) is 15.0 Å². The highest BCUT2D eigenvalue weighted by Crippen LogP contribution is 2.43. The van der Waals surface area contributed by atoms with Crippen LogP contribution in [0.25, 0.3) is 117 Å². The highest BCUT2D eigenvalue weighted by atomic mass is 15.0. The lowest BCUT2D eigenvalue weighted by atomic mass is 9.61. The Bertz CT molecular complexity index is 4350. The van der Waals surface area contributed by atoms with Crippen molar-refractivity contribution in [2.24, 2.45) is 0 Å². The molecule has 13 rings (SSSR count). The fourth-order valence-electron chi connectivity index (χ4n) is 11.1. The molecule has 12 heteroatoms. The molecule has 0 aliphatic heterocycles. The van der Waals surface area contributed by atoms with Gasteiger partial charge in [0.1, 0.15) is 45.3 Å². The first-order valence-corrected chi connectivity index (χ1v) is 23.8. The Labute approximate surface area is 408 Å². The number of rotatable bonds is 6. The summed E-state index contributed by atoms with van der Waals surface area (Å²) in [6.07, 6.45) is 0.